The Balaban J connectivity index is 1.87. The van der Waals surface area contributed by atoms with Crippen molar-refractivity contribution in [3.05, 3.63) is 64.2 Å². The number of nitro benzene ring substituents is 1. The zero-order valence-electron chi connectivity index (χ0n) is 16.0. The van der Waals surface area contributed by atoms with Crippen LogP contribution in [0.5, 0.6) is 0 Å². The first kappa shape index (κ1) is 22.7. The number of rotatable bonds is 5. The van der Waals surface area contributed by atoms with Crippen LogP contribution in [-0.4, -0.2) is 36.1 Å². The topological polar surface area (TPSA) is 110 Å². The van der Waals surface area contributed by atoms with Crippen molar-refractivity contribution in [1.29, 1.82) is 0 Å². The molecule has 1 amide bonds. The molecular formula is C19H18F3N3O5S. The minimum Gasteiger partial charge on any atom is -0.325 e. The number of non-ortho nitro benzene ring substituents is 1. The van der Waals surface area contributed by atoms with Crippen molar-refractivity contribution >= 4 is 27.3 Å². The second kappa shape index (κ2) is 8.63. The van der Waals surface area contributed by atoms with Crippen LogP contribution in [0.15, 0.2) is 53.4 Å². The third-order valence-electron chi connectivity index (χ3n) is 4.85. The molecule has 0 saturated carbocycles. The van der Waals surface area contributed by atoms with Gasteiger partial charge in [0.15, 0.2) is 0 Å². The van der Waals surface area contributed by atoms with Crippen LogP contribution in [0, 0.1) is 10.1 Å². The number of hydrogen-bond acceptors (Lipinski definition) is 5. The molecule has 31 heavy (non-hydrogen) atoms. The van der Waals surface area contributed by atoms with Gasteiger partial charge in [-0.25, -0.2) is 8.42 Å². The fraction of sp³-hybridized carbons (Fsp3) is 0.316. The van der Waals surface area contributed by atoms with E-state index in [0.29, 0.717) is 12.8 Å². The summed E-state index contributed by atoms with van der Waals surface area (Å²) in [6.45, 7) is 0.00566. The van der Waals surface area contributed by atoms with Gasteiger partial charge >= 0.3 is 6.18 Å². The summed E-state index contributed by atoms with van der Waals surface area (Å²) in [4.78, 5) is 22.7. The van der Waals surface area contributed by atoms with Crippen LogP contribution in [0.2, 0.25) is 0 Å². The third-order valence-corrected chi connectivity index (χ3v) is 6.75. The van der Waals surface area contributed by atoms with Gasteiger partial charge in [-0.15, -0.1) is 0 Å². The Kier molecular flexibility index (Phi) is 6.32. The zero-order valence-corrected chi connectivity index (χ0v) is 16.8. The number of nitrogens with one attached hydrogen (secondary N) is 1. The number of hydrogen-bond donors (Lipinski definition) is 1. The predicted octanol–water partition coefficient (Wildman–Crippen LogP) is 3.80. The van der Waals surface area contributed by atoms with Crippen molar-refractivity contribution in [2.45, 2.75) is 36.4 Å². The quantitative estimate of drug-likeness (QED) is 0.543. The van der Waals surface area contributed by atoms with E-state index in [1.54, 1.807) is 0 Å². The highest BCUT2D eigenvalue weighted by Crippen LogP contribution is 2.31. The van der Waals surface area contributed by atoms with Crippen LogP contribution < -0.4 is 5.32 Å². The second-order valence-corrected chi connectivity index (χ2v) is 8.84. The summed E-state index contributed by atoms with van der Waals surface area (Å²) >= 11 is 0. The lowest BCUT2D eigenvalue weighted by molar-refractivity contribution is -0.385. The predicted molar refractivity (Wildman–Crippen MR) is 105 cm³/mol. The van der Waals surface area contributed by atoms with Crippen LogP contribution in [-0.2, 0) is 21.0 Å². The van der Waals surface area contributed by atoms with Gasteiger partial charge < -0.3 is 5.32 Å². The van der Waals surface area contributed by atoms with Gasteiger partial charge in [0.25, 0.3) is 5.69 Å². The Morgan fingerprint density at radius 2 is 1.84 bits per heavy atom. The lowest BCUT2D eigenvalue weighted by atomic mass is 10.0. The Hall–Kier alpha value is -2.99. The van der Waals surface area contributed by atoms with E-state index in [1.165, 1.54) is 18.2 Å². The van der Waals surface area contributed by atoms with Crippen molar-refractivity contribution in [2.24, 2.45) is 0 Å². The number of carbonyl (C=O) groups excluding carboxylic acids is 1. The van der Waals surface area contributed by atoms with E-state index in [4.69, 9.17) is 0 Å². The molecule has 0 radical (unpaired) electrons. The first-order valence-corrected chi connectivity index (χ1v) is 10.7. The molecule has 12 heteroatoms. The molecule has 1 saturated heterocycles. The van der Waals surface area contributed by atoms with Gasteiger partial charge in [-0.1, -0.05) is 18.6 Å². The van der Waals surface area contributed by atoms with Gasteiger partial charge in [0, 0.05) is 24.4 Å². The Morgan fingerprint density at radius 3 is 2.52 bits per heavy atom. The van der Waals surface area contributed by atoms with E-state index >= 15 is 0 Å². The fourth-order valence-corrected chi connectivity index (χ4v) is 5.04. The monoisotopic (exact) mass is 457 g/mol. The minimum absolute atomic E-state index is 0.00566. The number of benzene rings is 2. The maximum absolute atomic E-state index is 13.1. The van der Waals surface area contributed by atoms with Gasteiger partial charge in [-0.05, 0) is 37.1 Å². The fourth-order valence-electron chi connectivity index (χ4n) is 3.35. The molecule has 0 aromatic heterocycles. The van der Waals surface area contributed by atoms with Gasteiger partial charge in [0.1, 0.15) is 6.04 Å². The smallest absolute Gasteiger partial charge is 0.325 e. The first-order chi connectivity index (χ1) is 14.5. The van der Waals surface area contributed by atoms with Crippen LogP contribution >= 0.6 is 0 Å². The summed E-state index contributed by atoms with van der Waals surface area (Å²) in [6.07, 6.45) is -3.41. The summed E-state index contributed by atoms with van der Waals surface area (Å²) in [5, 5.41) is 13.3. The summed E-state index contributed by atoms with van der Waals surface area (Å²) in [7, 11) is -4.25. The summed E-state index contributed by atoms with van der Waals surface area (Å²) < 4.78 is 65.8. The van der Waals surface area contributed by atoms with Crippen LogP contribution in [0.3, 0.4) is 0 Å². The molecular weight excluding hydrogens is 439 g/mol. The van der Waals surface area contributed by atoms with Crippen LogP contribution in [0.1, 0.15) is 24.8 Å². The molecule has 3 rings (SSSR count). The number of anilines is 1. The zero-order chi connectivity index (χ0) is 22.8. The number of nitrogens with zero attached hydrogens (tertiary/aromatic N) is 2. The van der Waals surface area contributed by atoms with E-state index in [0.717, 1.165) is 34.6 Å². The van der Waals surface area contributed by atoms with Crippen molar-refractivity contribution < 1.29 is 31.3 Å². The highest BCUT2D eigenvalue weighted by Gasteiger charge is 2.38. The van der Waals surface area contributed by atoms with Crippen LogP contribution in [0.25, 0.3) is 0 Å². The number of alkyl halides is 3. The van der Waals surface area contributed by atoms with Crippen LogP contribution in [0.4, 0.5) is 24.5 Å². The highest BCUT2D eigenvalue weighted by atomic mass is 32.2. The van der Waals surface area contributed by atoms with Gasteiger partial charge in [0.2, 0.25) is 15.9 Å². The van der Waals surface area contributed by atoms with Gasteiger partial charge in [0.05, 0.1) is 15.4 Å². The standard InChI is InChI=1S/C19H18F3N3O5S/c20-19(21,22)13-5-3-6-14(11-13)23-18(26)17-9-1-2-10-24(17)31(29,30)16-8-4-7-15(12-16)25(27)28/h3-8,11-12,17H,1-2,9-10H2,(H,23,26). The average molecular weight is 457 g/mol. The highest BCUT2D eigenvalue weighted by molar-refractivity contribution is 7.89. The largest absolute Gasteiger partial charge is 0.416 e. The van der Waals surface area contributed by atoms with E-state index in [2.05, 4.69) is 5.32 Å². The molecule has 1 N–H and O–H groups in total. The van der Waals surface area contributed by atoms with Crippen molar-refractivity contribution in [1.82, 2.24) is 4.31 Å². The number of nitro groups is 1. The minimum atomic E-state index is -4.59. The lowest BCUT2D eigenvalue weighted by Gasteiger charge is -2.33. The summed E-state index contributed by atoms with van der Waals surface area (Å²) in [5.41, 5.74) is -1.48. The molecule has 1 fully saturated rings. The normalized spacial score (nSPS) is 17.8. The maximum atomic E-state index is 13.1. The molecule has 1 heterocycles. The molecule has 1 aliphatic heterocycles. The molecule has 2 aromatic carbocycles. The Labute approximate surface area is 175 Å². The Morgan fingerprint density at radius 1 is 1.13 bits per heavy atom. The van der Waals surface area contributed by atoms with E-state index < -0.39 is 44.3 Å². The Bertz CT molecular complexity index is 1100. The van der Waals surface area contributed by atoms with Crippen molar-refractivity contribution in [2.75, 3.05) is 11.9 Å². The number of halogens is 3. The molecule has 0 spiro atoms. The SMILES string of the molecule is O=C(Nc1cccc(C(F)(F)F)c1)C1CCCCN1S(=O)(=O)c1cccc([N+](=O)[O-])c1. The molecule has 166 valence electrons. The van der Waals surface area contributed by atoms with Crippen molar-refractivity contribution in [3.8, 4) is 0 Å². The summed E-state index contributed by atoms with van der Waals surface area (Å²) in [6, 6.07) is 7.35. The molecule has 0 aliphatic carbocycles. The molecule has 2 aromatic rings. The molecule has 1 atom stereocenters. The molecule has 0 bridgehead atoms. The lowest BCUT2D eigenvalue weighted by Crippen LogP contribution is -2.49. The number of amides is 1. The number of sulfonamides is 1. The molecule has 8 nitrogen and oxygen atoms in total. The molecule has 1 unspecified atom stereocenters. The van der Waals surface area contributed by atoms with Gasteiger partial charge in [-0.3, -0.25) is 14.9 Å². The van der Waals surface area contributed by atoms with E-state index in [1.807, 2.05) is 0 Å². The third kappa shape index (κ3) is 5.02. The molecule has 1 aliphatic rings. The second-order valence-electron chi connectivity index (χ2n) is 6.95. The van der Waals surface area contributed by atoms with E-state index in [9.17, 15) is 36.5 Å². The maximum Gasteiger partial charge on any atom is 0.416 e. The van der Waals surface area contributed by atoms with Gasteiger partial charge in [-0.2, -0.15) is 17.5 Å². The average Bonchev–Trinajstić information content (AvgIpc) is 2.73. The first-order valence-electron chi connectivity index (χ1n) is 9.24. The number of piperidine rings is 1. The van der Waals surface area contributed by atoms with Crippen molar-refractivity contribution in [3.63, 3.8) is 0 Å². The summed E-state index contributed by atoms with van der Waals surface area (Å²) in [5.74, 6) is -0.770. The number of carbonyl (C=O) groups is 1. The van der Waals surface area contributed by atoms with E-state index in [-0.39, 0.29) is 23.5 Å².